The molecule has 3 heteroatoms. The van der Waals surface area contributed by atoms with Crippen molar-refractivity contribution >= 4 is 5.78 Å². The molecule has 82 valence electrons. The average Bonchev–Trinajstić information content (AvgIpc) is 2.40. The van der Waals surface area contributed by atoms with Gasteiger partial charge in [0.05, 0.1) is 12.6 Å². The summed E-state index contributed by atoms with van der Waals surface area (Å²) in [6.45, 7) is 6.86. The molecule has 0 aromatic rings. The first-order chi connectivity index (χ1) is 6.59. The molecule has 0 aromatic carbocycles. The summed E-state index contributed by atoms with van der Waals surface area (Å²) in [5.41, 5.74) is 5.63. The lowest BCUT2D eigenvalue weighted by molar-refractivity contribution is -0.117. The summed E-state index contributed by atoms with van der Waals surface area (Å²) < 4.78 is 0. The highest BCUT2D eigenvalue weighted by Crippen LogP contribution is 2.09. The Kier molecular flexibility index (Phi) is 4.55. The minimum atomic E-state index is -0.222. The molecule has 0 amide bonds. The van der Waals surface area contributed by atoms with E-state index in [2.05, 4.69) is 18.7 Å². The molecule has 0 spiro atoms. The number of nitrogens with zero attached hydrogens (tertiary/aromatic N) is 1. The molecule has 14 heavy (non-hydrogen) atoms. The van der Waals surface area contributed by atoms with E-state index in [1.807, 2.05) is 0 Å². The Morgan fingerprint density at radius 1 is 1.50 bits per heavy atom. The lowest BCUT2D eigenvalue weighted by atomic mass is 10.1. The van der Waals surface area contributed by atoms with Gasteiger partial charge >= 0.3 is 0 Å². The standard InChI is InChI=1S/C11H22N2O/c1-9(2)5-3-4-6-13-7-10(12)11(14)8-13/h9-10H,3-8,12H2,1-2H3. The Hall–Kier alpha value is -0.410. The van der Waals surface area contributed by atoms with Gasteiger partial charge in [0.25, 0.3) is 0 Å². The van der Waals surface area contributed by atoms with Crippen molar-refractivity contribution in [1.29, 1.82) is 0 Å². The van der Waals surface area contributed by atoms with Crippen LogP contribution in [0.4, 0.5) is 0 Å². The van der Waals surface area contributed by atoms with Crippen LogP contribution in [0, 0.1) is 5.92 Å². The summed E-state index contributed by atoms with van der Waals surface area (Å²) >= 11 is 0. The third-order valence-electron chi connectivity index (χ3n) is 2.75. The summed E-state index contributed by atoms with van der Waals surface area (Å²) in [5, 5.41) is 0. The van der Waals surface area contributed by atoms with Crippen LogP contribution in [-0.2, 0) is 4.79 Å². The molecule has 1 rings (SSSR count). The number of unbranched alkanes of at least 4 members (excludes halogenated alkanes) is 1. The van der Waals surface area contributed by atoms with Crippen molar-refractivity contribution in [3.63, 3.8) is 0 Å². The molecule has 1 fully saturated rings. The summed E-state index contributed by atoms with van der Waals surface area (Å²) in [4.78, 5) is 13.3. The highest BCUT2D eigenvalue weighted by molar-refractivity contribution is 5.87. The summed E-state index contributed by atoms with van der Waals surface area (Å²) in [6, 6.07) is -0.222. The first-order valence-electron chi connectivity index (χ1n) is 5.60. The molecular formula is C11H22N2O. The van der Waals surface area contributed by atoms with Crippen molar-refractivity contribution in [2.75, 3.05) is 19.6 Å². The first kappa shape index (κ1) is 11.7. The molecule has 1 aliphatic heterocycles. The van der Waals surface area contributed by atoms with Gasteiger partial charge in [-0.1, -0.05) is 26.7 Å². The summed E-state index contributed by atoms with van der Waals surface area (Å²) in [7, 11) is 0. The van der Waals surface area contributed by atoms with Crippen LogP contribution in [-0.4, -0.2) is 36.4 Å². The average molecular weight is 198 g/mol. The van der Waals surface area contributed by atoms with Crippen LogP contribution in [0.1, 0.15) is 33.1 Å². The smallest absolute Gasteiger partial charge is 0.164 e. The largest absolute Gasteiger partial charge is 0.320 e. The SMILES string of the molecule is CC(C)CCCCN1CC(=O)C(N)C1. The zero-order valence-electron chi connectivity index (χ0n) is 9.33. The molecule has 1 atom stereocenters. The second-order valence-electron chi connectivity index (χ2n) is 4.70. The van der Waals surface area contributed by atoms with Crippen molar-refractivity contribution < 1.29 is 4.79 Å². The van der Waals surface area contributed by atoms with Gasteiger partial charge in [0.2, 0.25) is 0 Å². The van der Waals surface area contributed by atoms with E-state index in [1.54, 1.807) is 0 Å². The maximum atomic E-state index is 11.2. The third kappa shape index (κ3) is 3.76. The van der Waals surface area contributed by atoms with Crippen molar-refractivity contribution in [1.82, 2.24) is 4.90 Å². The van der Waals surface area contributed by atoms with Crippen LogP contribution in [0.15, 0.2) is 0 Å². The predicted molar refractivity (Wildman–Crippen MR) is 58.1 cm³/mol. The number of Topliss-reactive ketones (excluding diaryl/α,β-unsaturated/α-hetero) is 1. The maximum Gasteiger partial charge on any atom is 0.164 e. The fraction of sp³-hybridized carbons (Fsp3) is 0.909. The van der Waals surface area contributed by atoms with E-state index in [1.165, 1.54) is 19.3 Å². The summed E-state index contributed by atoms with van der Waals surface area (Å²) in [6.07, 6.45) is 3.74. The number of rotatable bonds is 5. The van der Waals surface area contributed by atoms with Gasteiger partial charge in [0.15, 0.2) is 5.78 Å². The lowest BCUT2D eigenvalue weighted by Crippen LogP contribution is -2.29. The first-order valence-corrected chi connectivity index (χ1v) is 5.60. The quantitative estimate of drug-likeness (QED) is 0.671. The number of hydrogen-bond donors (Lipinski definition) is 1. The van der Waals surface area contributed by atoms with Crippen LogP contribution in [0.3, 0.4) is 0 Å². The number of nitrogens with two attached hydrogens (primary N) is 1. The normalized spacial score (nSPS) is 23.7. The van der Waals surface area contributed by atoms with Gasteiger partial charge in [-0.2, -0.15) is 0 Å². The molecule has 1 unspecified atom stereocenters. The Morgan fingerprint density at radius 2 is 2.21 bits per heavy atom. The zero-order valence-corrected chi connectivity index (χ0v) is 9.33. The van der Waals surface area contributed by atoms with Gasteiger partial charge in [-0.3, -0.25) is 9.69 Å². The van der Waals surface area contributed by atoms with E-state index in [9.17, 15) is 4.79 Å². The number of likely N-dealkylation sites (tertiary alicyclic amines) is 1. The molecular weight excluding hydrogens is 176 g/mol. The van der Waals surface area contributed by atoms with E-state index >= 15 is 0 Å². The minimum Gasteiger partial charge on any atom is -0.320 e. The van der Waals surface area contributed by atoms with E-state index in [-0.39, 0.29) is 11.8 Å². The van der Waals surface area contributed by atoms with Gasteiger partial charge in [-0.25, -0.2) is 0 Å². The fourth-order valence-electron chi connectivity index (χ4n) is 1.84. The molecule has 1 saturated heterocycles. The highest BCUT2D eigenvalue weighted by atomic mass is 16.1. The van der Waals surface area contributed by atoms with Crippen LogP contribution < -0.4 is 5.73 Å². The van der Waals surface area contributed by atoms with Crippen LogP contribution in [0.2, 0.25) is 0 Å². The third-order valence-corrected chi connectivity index (χ3v) is 2.75. The Bertz CT molecular complexity index is 192. The molecule has 0 aromatic heterocycles. The second kappa shape index (κ2) is 5.47. The number of carbonyl (C=O) groups is 1. The van der Waals surface area contributed by atoms with Crippen molar-refractivity contribution in [2.24, 2.45) is 11.7 Å². The van der Waals surface area contributed by atoms with Crippen LogP contribution in [0.25, 0.3) is 0 Å². The van der Waals surface area contributed by atoms with E-state index in [0.717, 1.165) is 19.0 Å². The number of hydrogen-bond acceptors (Lipinski definition) is 3. The zero-order chi connectivity index (χ0) is 10.6. The molecule has 2 N–H and O–H groups in total. The van der Waals surface area contributed by atoms with Crippen LogP contribution >= 0.6 is 0 Å². The molecule has 0 radical (unpaired) electrons. The number of ketones is 1. The van der Waals surface area contributed by atoms with Gasteiger partial charge in [-0.05, 0) is 18.9 Å². The molecule has 1 aliphatic rings. The Labute approximate surface area is 86.6 Å². The van der Waals surface area contributed by atoms with Gasteiger partial charge in [0, 0.05) is 6.54 Å². The monoisotopic (exact) mass is 198 g/mol. The molecule has 1 heterocycles. The van der Waals surface area contributed by atoms with Gasteiger partial charge in [-0.15, -0.1) is 0 Å². The highest BCUT2D eigenvalue weighted by Gasteiger charge is 2.26. The van der Waals surface area contributed by atoms with Crippen molar-refractivity contribution in [2.45, 2.75) is 39.2 Å². The lowest BCUT2D eigenvalue weighted by Gasteiger charge is -2.13. The molecule has 0 bridgehead atoms. The maximum absolute atomic E-state index is 11.2. The predicted octanol–water partition coefficient (Wildman–Crippen LogP) is 1.02. The van der Waals surface area contributed by atoms with Gasteiger partial charge < -0.3 is 5.73 Å². The van der Waals surface area contributed by atoms with E-state index in [4.69, 9.17) is 5.73 Å². The van der Waals surface area contributed by atoms with Gasteiger partial charge in [0.1, 0.15) is 0 Å². The minimum absolute atomic E-state index is 0.203. The topological polar surface area (TPSA) is 46.3 Å². The summed E-state index contributed by atoms with van der Waals surface area (Å²) in [5.74, 6) is 0.992. The molecule has 3 nitrogen and oxygen atoms in total. The Morgan fingerprint density at radius 3 is 2.71 bits per heavy atom. The van der Waals surface area contributed by atoms with Crippen molar-refractivity contribution in [3.05, 3.63) is 0 Å². The fourth-order valence-corrected chi connectivity index (χ4v) is 1.84. The molecule has 0 saturated carbocycles. The van der Waals surface area contributed by atoms with E-state index in [0.29, 0.717) is 6.54 Å². The Balaban J connectivity index is 2.06. The van der Waals surface area contributed by atoms with Crippen LogP contribution in [0.5, 0.6) is 0 Å². The second-order valence-corrected chi connectivity index (χ2v) is 4.70. The van der Waals surface area contributed by atoms with E-state index < -0.39 is 0 Å². The molecule has 0 aliphatic carbocycles. The number of carbonyl (C=O) groups excluding carboxylic acids is 1. The van der Waals surface area contributed by atoms with Crippen molar-refractivity contribution in [3.8, 4) is 0 Å².